The Balaban J connectivity index is 1.16. The molecule has 2 nitrogen and oxygen atoms in total. The number of para-hydroxylation sites is 2. The summed E-state index contributed by atoms with van der Waals surface area (Å²) in [5.41, 5.74) is 17.1. The predicted octanol–water partition coefficient (Wildman–Crippen LogP) is 14.6. The Kier molecular flexibility index (Phi) is 7.75. The molecule has 0 N–H and O–H groups in total. The first-order valence-electron chi connectivity index (χ1n) is 19.6. The number of hydrogen-bond donors (Lipinski definition) is 0. The number of ether oxygens (including phenoxy) is 1. The lowest BCUT2D eigenvalue weighted by Gasteiger charge is -2.39. The van der Waals surface area contributed by atoms with Gasteiger partial charge in [-0.05, 0) is 104 Å². The van der Waals surface area contributed by atoms with E-state index in [-0.39, 0.29) is 0 Å². The van der Waals surface area contributed by atoms with Gasteiger partial charge in [0.15, 0.2) is 0 Å². The first kappa shape index (κ1) is 33.0. The number of hydrogen-bond acceptors (Lipinski definition) is 2. The summed E-state index contributed by atoms with van der Waals surface area (Å²) in [4.78, 5) is 2.42. The lowest BCUT2D eigenvalue weighted by atomic mass is 9.66. The third kappa shape index (κ3) is 5.26. The van der Waals surface area contributed by atoms with Gasteiger partial charge < -0.3 is 9.64 Å². The quantitative estimate of drug-likeness (QED) is 0.169. The van der Waals surface area contributed by atoms with Crippen LogP contribution in [-0.4, -0.2) is 0 Å². The molecule has 1 heterocycles. The molecular weight excluding hydrogens is 691 g/mol. The maximum absolute atomic E-state index is 6.65. The highest BCUT2D eigenvalue weighted by Crippen LogP contribution is 2.62. The van der Waals surface area contributed by atoms with Gasteiger partial charge in [-0.15, -0.1) is 0 Å². The minimum atomic E-state index is -0.567. The topological polar surface area (TPSA) is 12.5 Å². The molecule has 0 fully saturated rings. The lowest BCUT2D eigenvalue weighted by molar-refractivity contribution is 0.436. The number of rotatable bonds is 6. The zero-order chi connectivity index (χ0) is 37.8. The van der Waals surface area contributed by atoms with Crippen molar-refractivity contribution in [2.45, 2.75) is 5.41 Å². The summed E-state index contributed by atoms with van der Waals surface area (Å²) < 4.78 is 6.65. The molecule has 0 aromatic heterocycles. The summed E-state index contributed by atoms with van der Waals surface area (Å²) in [5, 5.41) is 0. The zero-order valence-electron chi connectivity index (χ0n) is 31.2. The van der Waals surface area contributed by atoms with Crippen molar-refractivity contribution in [2.75, 3.05) is 4.90 Å². The van der Waals surface area contributed by atoms with Gasteiger partial charge in [0.25, 0.3) is 0 Å². The monoisotopic (exact) mass is 727 g/mol. The highest BCUT2D eigenvalue weighted by atomic mass is 16.5. The van der Waals surface area contributed by atoms with Crippen molar-refractivity contribution in [1.82, 2.24) is 0 Å². The summed E-state index contributed by atoms with van der Waals surface area (Å²) in [6, 6.07) is 81.1. The van der Waals surface area contributed by atoms with Crippen LogP contribution < -0.4 is 9.64 Å². The van der Waals surface area contributed by atoms with Crippen molar-refractivity contribution in [3.63, 3.8) is 0 Å². The van der Waals surface area contributed by atoms with Crippen LogP contribution in [0.2, 0.25) is 0 Å². The molecule has 2 aliphatic rings. The molecule has 9 aromatic carbocycles. The summed E-state index contributed by atoms with van der Waals surface area (Å²) >= 11 is 0. The summed E-state index contributed by atoms with van der Waals surface area (Å²) in [7, 11) is 0. The Hall–Kier alpha value is -7.42. The fourth-order valence-electron chi connectivity index (χ4n) is 9.26. The van der Waals surface area contributed by atoms with E-state index in [2.05, 4.69) is 229 Å². The van der Waals surface area contributed by atoms with E-state index < -0.39 is 5.41 Å². The van der Waals surface area contributed by atoms with Gasteiger partial charge in [-0.25, -0.2) is 0 Å². The van der Waals surface area contributed by atoms with Gasteiger partial charge in [0, 0.05) is 28.2 Å². The summed E-state index contributed by atoms with van der Waals surface area (Å²) in [6.45, 7) is 0. The van der Waals surface area contributed by atoms with Crippen molar-refractivity contribution in [1.29, 1.82) is 0 Å². The molecule has 11 rings (SSSR count). The number of fused-ring (bicyclic) bond motifs is 9. The Bertz CT molecular complexity index is 2870. The standard InChI is InChI=1S/C55H37NO/c1-4-16-38(17-5-1)39-28-30-42(31-29-39)56(43-32-34-45(40-18-6-2-7-19-40)48(36-43)41-20-8-3-9-21-41)44-33-35-47-46-22-10-11-23-49(46)55(52(47)37-44)50-24-12-14-26-53(50)57-54-27-15-13-25-51(54)55/h1-37H. The van der Waals surface area contributed by atoms with E-state index in [9.17, 15) is 0 Å². The maximum atomic E-state index is 6.65. The molecule has 1 spiro atoms. The number of nitrogens with zero attached hydrogens (tertiary/aromatic N) is 1. The molecule has 0 radical (unpaired) electrons. The molecule has 0 saturated carbocycles. The van der Waals surface area contributed by atoms with Crippen LogP contribution in [0, 0.1) is 0 Å². The van der Waals surface area contributed by atoms with Crippen molar-refractivity contribution >= 4 is 17.1 Å². The van der Waals surface area contributed by atoms with E-state index in [1.807, 2.05) is 0 Å². The van der Waals surface area contributed by atoms with Crippen LogP contribution in [0.4, 0.5) is 17.1 Å². The van der Waals surface area contributed by atoms with E-state index in [4.69, 9.17) is 4.74 Å². The highest BCUT2D eigenvalue weighted by molar-refractivity contribution is 5.93. The second-order valence-corrected chi connectivity index (χ2v) is 14.8. The van der Waals surface area contributed by atoms with Gasteiger partial charge in [-0.2, -0.15) is 0 Å². The van der Waals surface area contributed by atoms with Gasteiger partial charge in [0.05, 0.1) is 5.41 Å². The minimum Gasteiger partial charge on any atom is -0.457 e. The van der Waals surface area contributed by atoms with Crippen LogP contribution in [0.5, 0.6) is 11.5 Å². The molecule has 2 heteroatoms. The van der Waals surface area contributed by atoms with Crippen molar-refractivity contribution in [3.05, 3.63) is 247 Å². The van der Waals surface area contributed by atoms with E-state index in [1.54, 1.807) is 0 Å². The van der Waals surface area contributed by atoms with Crippen LogP contribution >= 0.6 is 0 Å². The Morgan fingerprint density at radius 1 is 0.281 bits per heavy atom. The van der Waals surface area contributed by atoms with Crippen molar-refractivity contribution in [2.24, 2.45) is 0 Å². The molecular formula is C55H37NO. The average molecular weight is 728 g/mol. The van der Waals surface area contributed by atoms with Crippen molar-refractivity contribution in [3.8, 4) is 56.0 Å². The van der Waals surface area contributed by atoms with Gasteiger partial charge in [-0.3, -0.25) is 0 Å². The van der Waals surface area contributed by atoms with Crippen molar-refractivity contribution < 1.29 is 4.74 Å². The zero-order valence-corrected chi connectivity index (χ0v) is 31.2. The molecule has 0 bridgehead atoms. The van der Waals surface area contributed by atoms with Gasteiger partial charge in [0.2, 0.25) is 0 Å². The van der Waals surface area contributed by atoms with E-state index in [0.717, 1.165) is 39.7 Å². The lowest BCUT2D eigenvalue weighted by Crippen LogP contribution is -2.32. The second kappa shape index (κ2) is 13.4. The van der Waals surface area contributed by atoms with Gasteiger partial charge >= 0.3 is 0 Å². The number of benzene rings is 9. The molecule has 268 valence electrons. The van der Waals surface area contributed by atoms with Crippen LogP contribution in [0.1, 0.15) is 22.3 Å². The third-order valence-electron chi connectivity index (χ3n) is 11.8. The van der Waals surface area contributed by atoms with Gasteiger partial charge in [0.1, 0.15) is 11.5 Å². The largest absolute Gasteiger partial charge is 0.457 e. The number of anilines is 3. The van der Waals surface area contributed by atoms with Crippen LogP contribution in [0.3, 0.4) is 0 Å². The Morgan fingerprint density at radius 2 is 0.719 bits per heavy atom. The molecule has 0 saturated heterocycles. The molecule has 0 amide bonds. The minimum absolute atomic E-state index is 0.567. The molecule has 0 unspecified atom stereocenters. The molecule has 9 aromatic rings. The predicted molar refractivity (Wildman–Crippen MR) is 235 cm³/mol. The maximum Gasteiger partial charge on any atom is 0.132 e. The fourth-order valence-corrected chi connectivity index (χ4v) is 9.26. The normalized spacial score (nSPS) is 12.8. The first-order chi connectivity index (χ1) is 28.3. The molecule has 1 aliphatic carbocycles. The summed E-state index contributed by atoms with van der Waals surface area (Å²) in [5.74, 6) is 1.78. The Labute approximate surface area is 333 Å². The van der Waals surface area contributed by atoms with Crippen LogP contribution in [0.25, 0.3) is 44.5 Å². The van der Waals surface area contributed by atoms with Crippen LogP contribution in [-0.2, 0) is 5.41 Å². The molecule has 0 atom stereocenters. The average Bonchev–Trinajstić information content (AvgIpc) is 3.57. The third-order valence-corrected chi connectivity index (χ3v) is 11.8. The van der Waals surface area contributed by atoms with Crippen LogP contribution in [0.15, 0.2) is 224 Å². The Morgan fingerprint density at radius 3 is 1.35 bits per heavy atom. The fraction of sp³-hybridized carbons (Fsp3) is 0.0182. The van der Waals surface area contributed by atoms with E-state index in [1.165, 1.54) is 55.6 Å². The molecule has 57 heavy (non-hydrogen) atoms. The summed E-state index contributed by atoms with van der Waals surface area (Å²) in [6.07, 6.45) is 0. The highest BCUT2D eigenvalue weighted by Gasteiger charge is 2.51. The smallest absolute Gasteiger partial charge is 0.132 e. The first-order valence-corrected chi connectivity index (χ1v) is 19.6. The van der Waals surface area contributed by atoms with E-state index >= 15 is 0 Å². The molecule has 1 aliphatic heterocycles. The van der Waals surface area contributed by atoms with E-state index in [0.29, 0.717) is 0 Å². The second-order valence-electron chi connectivity index (χ2n) is 14.8. The van der Waals surface area contributed by atoms with Gasteiger partial charge in [-0.1, -0.05) is 176 Å². The SMILES string of the molecule is c1ccc(-c2ccc(N(c3ccc(-c4ccccc4)c(-c4ccccc4)c3)c3ccc4c(c3)C3(c5ccccc5Oc5ccccc53)c3ccccc3-4)cc2)cc1.